The zero-order chi connectivity index (χ0) is 28.3. The van der Waals surface area contributed by atoms with Crippen LogP contribution < -0.4 is 15.4 Å². The Kier molecular flexibility index (Phi) is 8.45. The molecular formula is C26H26ClF3N4O5. The van der Waals surface area contributed by atoms with Crippen LogP contribution in [0, 0.1) is 23.9 Å². The van der Waals surface area contributed by atoms with E-state index in [1.54, 1.807) is 0 Å². The van der Waals surface area contributed by atoms with Crippen molar-refractivity contribution in [3.63, 3.8) is 0 Å². The Balaban J connectivity index is 1.58. The van der Waals surface area contributed by atoms with Crippen molar-refractivity contribution in [2.45, 2.75) is 51.2 Å². The first-order valence-corrected chi connectivity index (χ1v) is 12.5. The fraction of sp³-hybridized carbons (Fsp3) is 0.385. The van der Waals surface area contributed by atoms with Gasteiger partial charge in [0.2, 0.25) is 11.8 Å². The Hall–Kier alpha value is -3.64. The number of rotatable bonds is 8. The second kappa shape index (κ2) is 11.6. The van der Waals surface area contributed by atoms with Gasteiger partial charge >= 0.3 is 0 Å². The minimum absolute atomic E-state index is 0.00574. The quantitative estimate of drug-likeness (QED) is 0.299. The standard InChI is InChI=1S/C26H26ClF3N4O5/c1-14-22(19(27)7-10-34(14)37)17-4-3-16(11-20(17)28)31-25(36)23(15-5-8-26(29,30)9-6-15)32-24(35)18-12-39-33-21(18)13-38-2/h3-4,7,10-12,15,23H,5-6,8-9,13H2,1-2H3,(H,31,36)(H,32,35). The summed E-state index contributed by atoms with van der Waals surface area (Å²) in [5, 5.41) is 21.0. The predicted octanol–water partition coefficient (Wildman–Crippen LogP) is 4.78. The zero-order valence-electron chi connectivity index (χ0n) is 21.1. The molecule has 1 aromatic carbocycles. The van der Waals surface area contributed by atoms with Crippen LogP contribution in [0.1, 0.15) is 47.4 Å². The van der Waals surface area contributed by atoms with E-state index in [1.165, 1.54) is 38.4 Å². The molecule has 2 heterocycles. The Morgan fingerprint density at radius 3 is 2.69 bits per heavy atom. The highest BCUT2D eigenvalue weighted by molar-refractivity contribution is 6.33. The lowest BCUT2D eigenvalue weighted by molar-refractivity contribution is -0.611. The van der Waals surface area contributed by atoms with Crippen LogP contribution in [0.3, 0.4) is 0 Å². The van der Waals surface area contributed by atoms with E-state index < -0.39 is 48.4 Å². The van der Waals surface area contributed by atoms with Crippen molar-refractivity contribution in [2.75, 3.05) is 12.4 Å². The number of alkyl halides is 2. The molecule has 0 bridgehead atoms. The van der Waals surface area contributed by atoms with Crippen LogP contribution in [0.5, 0.6) is 0 Å². The third-order valence-corrected chi connectivity index (χ3v) is 7.08. The molecule has 2 aromatic heterocycles. The van der Waals surface area contributed by atoms with E-state index in [9.17, 15) is 23.6 Å². The minimum Gasteiger partial charge on any atom is -0.618 e. The van der Waals surface area contributed by atoms with Gasteiger partial charge in [-0.3, -0.25) is 9.59 Å². The number of anilines is 1. The topological polar surface area (TPSA) is 120 Å². The van der Waals surface area contributed by atoms with Crippen LogP contribution in [0.25, 0.3) is 11.1 Å². The van der Waals surface area contributed by atoms with E-state index in [1.807, 2.05) is 0 Å². The van der Waals surface area contributed by atoms with Gasteiger partial charge in [-0.25, -0.2) is 13.2 Å². The molecule has 1 aliphatic rings. The Morgan fingerprint density at radius 2 is 2.03 bits per heavy atom. The highest BCUT2D eigenvalue weighted by Crippen LogP contribution is 2.38. The molecule has 1 atom stereocenters. The Labute approximate surface area is 226 Å². The average Bonchev–Trinajstić information content (AvgIpc) is 3.35. The molecule has 1 fully saturated rings. The maximum atomic E-state index is 15.1. The second-order valence-electron chi connectivity index (χ2n) is 9.39. The molecule has 39 heavy (non-hydrogen) atoms. The molecule has 2 N–H and O–H groups in total. The molecule has 9 nitrogen and oxygen atoms in total. The van der Waals surface area contributed by atoms with Gasteiger partial charge in [0, 0.05) is 44.2 Å². The molecule has 0 spiro atoms. The first-order valence-electron chi connectivity index (χ1n) is 12.1. The highest BCUT2D eigenvalue weighted by atomic mass is 35.5. The number of amides is 2. The van der Waals surface area contributed by atoms with Gasteiger partial charge in [-0.1, -0.05) is 16.8 Å². The molecule has 0 radical (unpaired) electrons. The third kappa shape index (κ3) is 6.34. The van der Waals surface area contributed by atoms with Crippen molar-refractivity contribution in [1.82, 2.24) is 10.5 Å². The average molecular weight is 567 g/mol. The van der Waals surface area contributed by atoms with Gasteiger partial charge in [0.15, 0.2) is 11.9 Å². The van der Waals surface area contributed by atoms with Gasteiger partial charge in [0.25, 0.3) is 5.91 Å². The van der Waals surface area contributed by atoms with Gasteiger partial charge < -0.3 is 25.1 Å². The number of pyridine rings is 1. The van der Waals surface area contributed by atoms with Crippen LogP contribution in [-0.2, 0) is 16.1 Å². The molecule has 3 aromatic rings. The summed E-state index contributed by atoms with van der Waals surface area (Å²) < 4.78 is 53.2. The summed E-state index contributed by atoms with van der Waals surface area (Å²) >= 11 is 6.20. The van der Waals surface area contributed by atoms with Gasteiger partial charge in [-0.15, -0.1) is 0 Å². The van der Waals surface area contributed by atoms with E-state index in [2.05, 4.69) is 15.8 Å². The molecule has 208 valence electrons. The van der Waals surface area contributed by atoms with Crippen LogP contribution >= 0.6 is 11.6 Å². The van der Waals surface area contributed by atoms with Gasteiger partial charge in [0.1, 0.15) is 29.4 Å². The fourth-order valence-electron chi connectivity index (χ4n) is 4.65. The molecule has 0 aliphatic heterocycles. The summed E-state index contributed by atoms with van der Waals surface area (Å²) in [6.07, 6.45) is 1.44. The van der Waals surface area contributed by atoms with Crippen molar-refractivity contribution in [2.24, 2.45) is 5.92 Å². The van der Waals surface area contributed by atoms with Crippen molar-refractivity contribution in [3.05, 3.63) is 69.7 Å². The molecular weight excluding hydrogens is 541 g/mol. The normalized spacial score (nSPS) is 16.1. The van der Waals surface area contributed by atoms with E-state index in [-0.39, 0.29) is 58.2 Å². The minimum atomic E-state index is -2.85. The Bertz CT molecular complexity index is 1370. The highest BCUT2D eigenvalue weighted by Gasteiger charge is 2.40. The smallest absolute Gasteiger partial charge is 0.257 e. The summed E-state index contributed by atoms with van der Waals surface area (Å²) in [6.45, 7) is 1.48. The fourth-order valence-corrected chi connectivity index (χ4v) is 4.94. The monoisotopic (exact) mass is 566 g/mol. The molecule has 4 rings (SSSR count). The number of benzene rings is 1. The summed E-state index contributed by atoms with van der Waals surface area (Å²) in [6, 6.07) is 3.98. The number of hydrogen-bond acceptors (Lipinski definition) is 6. The van der Waals surface area contributed by atoms with Crippen molar-refractivity contribution >= 4 is 29.1 Å². The number of halogens is 4. The van der Waals surface area contributed by atoms with Crippen molar-refractivity contribution in [1.29, 1.82) is 0 Å². The number of nitrogens with one attached hydrogen (secondary N) is 2. The third-order valence-electron chi connectivity index (χ3n) is 6.77. The number of methoxy groups -OCH3 is 1. The van der Waals surface area contributed by atoms with Crippen LogP contribution in [-0.4, -0.2) is 36.0 Å². The summed E-state index contributed by atoms with van der Waals surface area (Å²) in [4.78, 5) is 26.3. The number of hydrogen-bond donors (Lipinski definition) is 2. The van der Waals surface area contributed by atoms with Crippen LogP contribution in [0.4, 0.5) is 18.9 Å². The zero-order valence-corrected chi connectivity index (χ0v) is 21.9. The Morgan fingerprint density at radius 1 is 1.31 bits per heavy atom. The molecule has 0 saturated heterocycles. The van der Waals surface area contributed by atoms with Gasteiger partial charge in [-0.05, 0) is 37.0 Å². The van der Waals surface area contributed by atoms with Crippen molar-refractivity contribution < 1.29 is 36.8 Å². The maximum Gasteiger partial charge on any atom is 0.257 e. The second-order valence-corrected chi connectivity index (χ2v) is 9.79. The maximum absolute atomic E-state index is 15.1. The first-order chi connectivity index (χ1) is 18.5. The predicted molar refractivity (Wildman–Crippen MR) is 135 cm³/mol. The lowest BCUT2D eigenvalue weighted by Crippen LogP contribution is -2.50. The molecule has 1 aliphatic carbocycles. The van der Waals surface area contributed by atoms with Crippen LogP contribution in [0.15, 0.2) is 41.2 Å². The number of aromatic nitrogens is 2. The van der Waals surface area contributed by atoms with E-state index in [0.717, 1.165) is 12.3 Å². The van der Waals surface area contributed by atoms with Crippen molar-refractivity contribution in [3.8, 4) is 11.1 Å². The number of carbonyl (C=O) groups is 2. The van der Waals surface area contributed by atoms with E-state index >= 15 is 4.39 Å². The summed E-state index contributed by atoms with van der Waals surface area (Å²) in [7, 11) is 1.41. The first kappa shape index (κ1) is 28.4. The largest absolute Gasteiger partial charge is 0.618 e. The number of nitrogens with zero attached hydrogens (tertiary/aromatic N) is 2. The molecule has 2 amide bonds. The van der Waals surface area contributed by atoms with Gasteiger partial charge in [0.05, 0.1) is 17.2 Å². The van der Waals surface area contributed by atoms with Gasteiger partial charge in [-0.2, -0.15) is 4.73 Å². The van der Waals surface area contributed by atoms with Crippen LogP contribution in [0.2, 0.25) is 5.02 Å². The summed E-state index contributed by atoms with van der Waals surface area (Å²) in [5.41, 5.74) is 0.757. The number of ether oxygens (including phenoxy) is 1. The summed E-state index contributed by atoms with van der Waals surface area (Å²) in [5.74, 6) is -5.60. The van der Waals surface area contributed by atoms with E-state index in [0.29, 0.717) is 4.73 Å². The van der Waals surface area contributed by atoms with E-state index in [4.69, 9.17) is 20.9 Å². The number of carbonyl (C=O) groups excluding carboxylic acids is 2. The molecule has 13 heteroatoms. The molecule has 1 saturated carbocycles. The lowest BCUT2D eigenvalue weighted by atomic mass is 9.81. The lowest BCUT2D eigenvalue weighted by Gasteiger charge is -2.33. The molecule has 1 unspecified atom stereocenters. The SMILES string of the molecule is COCc1nocc1C(=O)NC(C(=O)Nc1ccc(-c2c(Cl)cc[n+]([O-])c2C)c(F)c1)C1CCC(F)(F)CC1.